The van der Waals surface area contributed by atoms with E-state index in [9.17, 15) is 0 Å². The highest BCUT2D eigenvalue weighted by molar-refractivity contribution is 5.12. The van der Waals surface area contributed by atoms with Crippen molar-refractivity contribution in [3.05, 3.63) is 18.0 Å². The Balaban J connectivity index is 2.00. The van der Waals surface area contributed by atoms with Gasteiger partial charge in [-0.3, -0.25) is 4.68 Å². The first-order chi connectivity index (χ1) is 6.81. The normalized spacial score (nSPS) is 19.3. The van der Waals surface area contributed by atoms with Gasteiger partial charge in [-0.2, -0.15) is 5.10 Å². The van der Waals surface area contributed by atoms with Crippen LogP contribution in [0, 0.1) is 5.92 Å². The third kappa shape index (κ3) is 1.82. The number of nitrogens with zero attached hydrogens (tertiary/aromatic N) is 2. The third-order valence-electron chi connectivity index (χ3n) is 3.15. The molecule has 14 heavy (non-hydrogen) atoms. The highest BCUT2D eigenvalue weighted by Crippen LogP contribution is 2.35. The predicted octanol–water partition coefficient (Wildman–Crippen LogP) is 2.09. The van der Waals surface area contributed by atoms with Crippen LogP contribution >= 0.6 is 0 Å². The second-order valence-corrected chi connectivity index (χ2v) is 4.25. The summed E-state index contributed by atoms with van der Waals surface area (Å²) in [4.78, 5) is 0. The molecule has 0 radical (unpaired) electrons. The molecule has 1 heterocycles. The minimum Gasteiger partial charge on any atom is -0.324 e. The summed E-state index contributed by atoms with van der Waals surface area (Å²) < 4.78 is 1.99. The molecule has 1 aromatic heterocycles. The smallest absolute Gasteiger partial charge is 0.0537 e. The lowest BCUT2D eigenvalue weighted by atomic mass is 9.78. The molecule has 2 N–H and O–H groups in total. The molecule has 0 aromatic carbocycles. The van der Waals surface area contributed by atoms with Gasteiger partial charge in [0.05, 0.1) is 6.20 Å². The van der Waals surface area contributed by atoms with Gasteiger partial charge >= 0.3 is 0 Å². The van der Waals surface area contributed by atoms with Crippen LogP contribution in [0.1, 0.15) is 44.2 Å². The van der Waals surface area contributed by atoms with E-state index in [1.807, 2.05) is 10.9 Å². The zero-order valence-electron chi connectivity index (χ0n) is 8.82. The summed E-state index contributed by atoms with van der Waals surface area (Å²) in [5, 5.41) is 4.30. The fourth-order valence-corrected chi connectivity index (χ4v) is 1.97. The molecule has 0 aliphatic heterocycles. The molecule has 1 aliphatic rings. The van der Waals surface area contributed by atoms with Gasteiger partial charge in [0.25, 0.3) is 0 Å². The lowest BCUT2D eigenvalue weighted by Gasteiger charge is -2.30. The predicted molar refractivity (Wildman–Crippen MR) is 56.8 cm³/mol. The number of aryl methyl sites for hydroxylation is 1. The van der Waals surface area contributed by atoms with Crippen LogP contribution < -0.4 is 5.73 Å². The molecule has 3 heteroatoms. The Morgan fingerprint density at radius 3 is 3.00 bits per heavy atom. The number of hydrogen-bond donors (Lipinski definition) is 1. The van der Waals surface area contributed by atoms with Crippen molar-refractivity contribution < 1.29 is 0 Å². The fraction of sp³-hybridized carbons (Fsp3) is 0.727. The van der Waals surface area contributed by atoms with E-state index >= 15 is 0 Å². The molecule has 1 atom stereocenters. The topological polar surface area (TPSA) is 43.8 Å². The largest absolute Gasteiger partial charge is 0.324 e. The van der Waals surface area contributed by atoms with Gasteiger partial charge < -0.3 is 5.73 Å². The van der Waals surface area contributed by atoms with Gasteiger partial charge in [-0.25, -0.2) is 0 Å². The monoisotopic (exact) mass is 193 g/mol. The summed E-state index contributed by atoms with van der Waals surface area (Å²) in [5.41, 5.74) is 7.37. The Kier molecular flexibility index (Phi) is 2.87. The molecule has 1 aliphatic carbocycles. The molecule has 1 unspecified atom stereocenters. The highest BCUT2D eigenvalue weighted by atomic mass is 15.3. The summed E-state index contributed by atoms with van der Waals surface area (Å²) in [5.74, 6) is 0.703. The second kappa shape index (κ2) is 4.13. The molecular weight excluding hydrogens is 174 g/mol. The van der Waals surface area contributed by atoms with Crippen LogP contribution in [-0.2, 0) is 6.54 Å². The Hall–Kier alpha value is -0.830. The number of rotatable bonds is 4. The van der Waals surface area contributed by atoms with Gasteiger partial charge in [-0.05, 0) is 25.2 Å². The third-order valence-corrected chi connectivity index (χ3v) is 3.15. The van der Waals surface area contributed by atoms with Gasteiger partial charge in [0.1, 0.15) is 0 Å². The van der Waals surface area contributed by atoms with Crippen LogP contribution in [0.3, 0.4) is 0 Å². The van der Waals surface area contributed by atoms with Crippen molar-refractivity contribution in [2.45, 2.75) is 45.2 Å². The first kappa shape index (κ1) is 9.71. The SMILES string of the molecule is CCCn1cc(C(N)C2CCC2)cn1. The van der Waals surface area contributed by atoms with E-state index in [0.717, 1.165) is 13.0 Å². The van der Waals surface area contributed by atoms with Gasteiger partial charge in [0.2, 0.25) is 0 Å². The van der Waals surface area contributed by atoms with E-state index in [4.69, 9.17) is 5.73 Å². The van der Waals surface area contributed by atoms with E-state index in [1.165, 1.54) is 24.8 Å². The number of nitrogens with two attached hydrogens (primary N) is 1. The van der Waals surface area contributed by atoms with E-state index in [2.05, 4.69) is 18.2 Å². The van der Waals surface area contributed by atoms with Crippen molar-refractivity contribution in [3.63, 3.8) is 0 Å². The minimum atomic E-state index is 0.217. The van der Waals surface area contributed by atoms with Crippen molar-refractivity contribution in [2.24, 2.45) is 11.7 Å². The van der Waals surface area contributed by atoms with Crippen LogP contribution in [0.15, 0.2) is 12.4 Å². The molecule has 3 nitrogen and oxygen atoms in total. The van der Waals surface area contributed by atoms with Crippen molar-refractivity contribution in [2.75, 3.05) is 0 Å². The van der Waals surface area contributed by atoms with E-state index < -0.39 is 0 Å². The fourth-order valence-electron chi connectivity index (χ4n) is 1.97. The summed E-state index contributed by atoms with van der Waals surface area (Å²) in [6.07, 6.45) is 9.09. The van der Waals surface area contributed by atoms with Gasteiger partial charge in [-0.1, -0.05) is 13.3 Å². The first-order valence-electron chi connectivity index (χ1n) is 5.59. The molecule has 0 bridgehead atoms. The Morgan fingerprint density at radius 2 is 2.43 bits per heavy atom. The van der Waals surface area contributed by atoms with Crippen LogP contribution in [0.2, 0.25) is 0 Å². The van der Waals surface area contributed by atoms with Crippen molar-refractivity contribution in [1.29, 1.82) is 0 Å². The maximum absolute atomic E-state index is 6.16. The Morgan fingerprint density at radius 1 is 1.64 bits per heavy atom. The molecule has 2 rings (SSSR count). The summed E-state index contributed by atoms with van der Waals surface area (Å²) in [6.45, 7) is 3.16. The van der Waals surface area contributed by atoms with E-state index in [0.29, 0.717) is 5.92 Å². The first-order valence-corrected chi connectivity index (χ1v) is 5.59. The van der Waals surface area contributed by atoms with E-state index in [1.54, 1.807) is 0 Å². The van der Waals surface area contributed by atoms with Crippen LogP contribution in [0.4, 0.5) is 0 Å². The number of hydrogen-bond acceptors (Lipinski definition) is 2. The van der Waals surface area contributed by atoms with Crippen LogP contribution in [-0.4, -0.2) is 9.78 Å². The van der Waals surface area contributed by atoms with Crippen LogP contribution in [0.5, 0.6) is 0 Å². The zero-order chi connectivity index (χ0) is 9.97. The zero-order valence-corrected chi connectivity index (χ0v) is 8.82. The molecule has 0 amide bonds. The standard InChI is InChI=1S/C11H19N3/c1-2-6-14-8-10(7-13-14)11(12)9-4-3-5-9/h7-9,11H,2-6,12H2,1H3. The summed E-state index contributed by atoms with van der Waals surface area (Å²) in [7, 11) is 0. The average Bonchev–Trinajstić information content (AvgIpc) is 2.50. The second-order valence-electron chi connectivity index (χ2n) is 4.25. The molecule has 1 fully saturated rings. The number of aromatic nitrogens is 2. The summed E-state index contributed by atoms with van der Waals surface area (Å²) >= 11 is 0. The molecular formula is C11H19N3. The van der Waals surface area contributed by atoms with Crippen molar-refractivity contribution >= 4 is 0 Å². The molecule has 1 aromatic rings. The Labute approximate surface area is 85.3 Å². The van der Waals surface area contributed by atoms with Crippen molar-refractivity contribution in [3.8, 4) is 0 Å². The lowest BCUT2D eigenvalue weighted by Crippen LogP contribution is -2.26. The van der Waals surface area contributed by atoms with Crippen LogP contribution in [0.25, 0.3) is 0 Å². The van der Waals surface area contributed by atoms with Gasteiger partial charge in [0, 0.05) is 24.3 Å². The van der Waals surface area contributed by atoms with Gasteiger partial charge in [-0.15, -0.1) is 0 Å². The van der Waals surface area contributed by atoms with Gasteiger partial charge in [0.15, 0.2) is 0 Å². The molecule has 1 saturated carbocycles. The summed E-state index contributed by atoms with van der Waals surface area (Å²) in [6, 6.07) is 0.217. The maximum atomic E-state index is 6.16. The molecule has 0 spiro atoms. The molecule has 78 valence electrons. The average molecular weight is 193 g/mol. The maximum Gasteiger partial charge on any atom is 0.0537 e. The minimum absolute atomic E-state index is 0.217. The highest BCUT2D eigenvalue weighted by Gasteiger charge is 2.26. The quantitative estimate of drug-likeness (QED) is 0.795. The Bertz CT molecular complexity index is 288. The lowest BCUT2D eigenvalue weighted by molar-refractivity contribution is 0.264. The molecule has 0 saturated heterocycles. The van der Waals surface area contributed by atoms with Crippen molar-refractivity contribution in [1.82, 2.24) is 9.78 Å². The van der Waals surface area contributed by atoms with E-state index in [-0.39, 0.29) is 6.04 Å².